The molecule has 1 aliphatic carbocycles. The van der Waals surface area contributed by atoms with E-state index in [1.165, 1.54) is 18.2 Å². The molecule has 0 saturated heterocycles. The molecule has 0 aliphatic heterocycles. The maximum Gasteiger partial charge on any atom is 0.272 e. The summed E-state index contributed by atoms with van der Waals surface area (Å²) in [6.07, 6.45) is 2.54. The van der Waals surface area contributed by atoms with Crippen LogP contribution in [0.1, 0.15) is 35.2 Å². The van der Waals surface area contributed by atoms with Crippen LogP contribution >= 0.6 is 0 Å². The summed E-state index contributed by atoms with van der Waals surface area (Å²) >= 11 is 0. The van der Waals surface area contributed by atoms with Crippen molar-refractivity contribution in [3.8, 4) is 6.07 Å². The topological polar surface area (TPSA) is 96.0 Å². The van der Waals surface area contributed by atoms with E-state index in [1.807, 2.05) is 0 Å². The molecule has 1 saturated carbocycles. The van der Waals surface area contributed by atoms with Gasteiger partial charge in [-0.05, 0) is 38.3 Å². The lowest BCUT2D eigenvalue weighted by atomic mass is 10.0. The second-order valence-corrected chi connectivity index (χ2v) is 5.00. The van der Waals surface area contributed by atoms with Gasteiger partial charge in [0.05, 0.1) is 16.9 Å². The van der Waals surface area contributed by atoms with Gasteiger partial charge in [-0.1, -0.05) is 0 Å². The number of carbonyl (C=O) groups excluding carboxylic acids is 1. The molecule has 6 nitrogen and oxygen atoms in total. The first-order chi connectivity index (χ1) is 9.52. The van der Waals surface area contributed by atoms with Crippen molar-refractivity contribution < 1.29 is 9.72 Å². The summed E-state index contributed by atoms with van der Waals surface area (Å²) in [4.78, 5) is 22.4. The first-order valence-electron chi connectivity index (χ1n) is 6.48. The molecular formula is C14H15N3O3. The zero-order valence-electron chi connectivity index (χ0n) is 11.1. The van der Waals surface area contributed by atoms with Gasteiger partial charge in [0.2, 0.25) is 0 Å². The fourth-order valence-corrected chi connectivity index (χ4v) is 2.54. The predicted octanol–water partition coefficient (Wildman–Crippen LogP) is 2.33. The minimum atomic E-state index is -0.473. The van der Waals surface area contributed by atoms with Crippen LogP contribution < -0.4 is 5.32 Å². The number of amides is 1. The van der Waals surface area contributed by atoms with E-state index >= 15 is 0 Å². The lowest BCUT2D eigenvalue weighted by Crippen LogP contribution is -2.36. The van der Waals surface area contributed by atoms with Crippen LogP contribution in [0.3, 0.4) is 0 Å². The van der Waals surface area contributed by atoms with E-state index < -0.39 is 4.92 Å². The molecule has 1 aliphatic rings. The van der Waals surface area contributed by atoms with Crippen molar-refractivity contribution in [1.29, 1.82) is 5.26 Å². The van der Waals surface area contributed by atoms with Crippen LogP contribution in [-0.4, -0.2) is 16.9 Å². The van der Waals surface area contributed by atoms with E-state index in [2.05, 4.69) is 11.4 Å². The molecule has 1 fully saturated rings. The first-order valence-corrected chi connectivity index (χ1v) is 6.48. The van der Waals surface area contributed by atoms with Gasteiger partial charge in [0.15, 0.2) is 0 Å². The number of nitriles is 1. The normalized spacial score (nSPS) is 21.2. The summed E-state index contributed by atoms with van der Waals surface area (Å²) in [7, 11) is 0. The molecule has 0 radical (unpaired) electrons. The Kier molecular flexibility index (Phi) is 3.99. The Labute approximate surface area is 116 Å². The molecule has 0 heterocycles. The number of nitrogens with zero attached hydrogens (tertiary/aromatic N) is 2. The van der Waals surface area contributed by atoms with Crippen molar-refractivity contribution in [2.75, 3.05) is 0 Å². The summed E-state index contributed by atoms with van der Waals surface area (Å²) in [6.45, 7) is 1.60. The van der Waals surface area contributed by atoms with Crippen LogP contribution in [0.2, 0.25) is 0 Å². The minimum absolute atomic E-state index is 0.00248. The highest BCUT2D eigenvalue weighted by molar-refractivity contribution is 5.95. The summed E-state index contributed by atoms with van der Waals surface area (Å²) in [5.41, 5.74) is 0.833. The number of hydrogen-bond donors (Lipinski definition) is 1. The van der Waals surface area contributed by atoms with Crippen molar-refractivity contribution in [2.24, 2.45) is 5.92 Å². The third-order valence-corrected chi connectivity index (χ3v) is 3.65. The Morgan fingerprint density at radius 3 is 2.85 bits per heavy atom. The van der Waals surface area contributed by atoms with Crippen molar-refractivity contribution in [2.45, 2.75) is 32.2 Å². The molecule has 2 atom stereocenters. The maximum atomic E-state index is 12.1. The average molecular weight is 273 g/mol. The summed E-state index contributed by atoms with van der Waals surface area (Å²) < 4.78 is 0. The van der Waals surface area contributed by atoms with E-state index in [-0.39, 0.29) is 23.6 Å². The van der Waals surface area contributed by atoms with Gasteiger partial charge in [-0.25, -0.2) is 0 Å². The molecule has 1 N–H and O–H groups in total. The molecule has 20 heavy (non-hydrogen) atoms. The van der Waals surface area contributed by atoms with Crippen molar-refractivity contribution in [1.82, 2.24) is 5.32 Å². The zero-order chi connectivity index (χ0) is 14.7. The van der Waals surface area contributed by atoms with E-state index in [4.69, 9.17) is 5.26 Å². The standard InChI is InChI=1S/C14H15N3O3/c1-9-7-10(5-6-13(9)17(19)20)14(18)16-12-4-2-3-11(12)8-15/h5-7,11-12H,2-4H2,1H3,(H,16,18). The highest BCUT2D eigenvalue weighted by atomic mass is 16.6. The Morgan fingerprint density at radius 1 is 1.50 bits per heavy atom. The second-order valence-electron chi connectivity index (χ2n) is 5.00. The van der Waals surface area contributed by atoms with E-state index in [0.29, 0.717) is 11.1 Å². The van der Waals surface area contributed by atoms with Gasteiger partial charge in [0, 0.05) is 23.2 Å². The van der Waals surface area contributed by atoms with Crippen LogP contribution in [0.5, 0.6) is 0 Å². The molecule has 0 aromatic heterocycles. The number of carbonyl (C=O) groups is 1. The molecule has 0 spiro atoms. The van der Waals surface area contributed by atoms with Crippen LogP contribution in [0.15, 0.2) is 18.2 Å². The van der Waals surface area contributed by atoms with Gasteiger partial charge in [-0.3, -0.25) is 14.9 Å². The SMILES string of the molecule is Cc1cc(C(=O)NC2CCCC2C#N)ccc1[N+](=O)[O-]. The lowest BCUT2D eigenvalue weighted by molar-refractivity contribution is -0.385. The molecular weight excluding hydrogens is 258 g/mol. The number of rotatable bonds is 3. The Morgan fingerprint density at radius 2 is 2.25 bits per heavy atom. The maximum absolute atomic E-state index is 12.1. The molecule has 0 bridgehead atoms. The van der Waals surface area contributed by atoms with Gasteiger partial charge < -0.3 is 5.32 Å². The Bertz CT molecular complexity index is 592. The van der Waals surface area contributed by atoms with Crippen molar-refractivity contribution in [3.05, 3.63) is 39.4 Å². The van der Waals surface area contributed by atoms with Gasteiger partial charge >= 0.3 is 0 Å². The second kappa shape index (κ2) is 5.70. The quantitative estimate of drug-likeness (QED) is 0.675. The fraction of sp³-hybridized carbons (Fsp3) is 0.429. The molecule has 2 rings (SSSR count). The van der Waals surface area contributed by atoms with Gasteiger partial charge in [0.25, 0.3) is 11.6 Å². The van der Waals surface area contributed by atoms with E-state index in [1.54, 1.807) is 6.92 Å². The Balaban J connectivity index is 2.12. The molecule has 104 valence electrons. The molecule has 6 heteroatoms. The number of aryl methyl sites for hydroxylation is 1. The van der Waals surface area contributed by atoms with Crippen molar-refractivity contribution in [3.63, 3.8) is 0 Å². The number of nitro groups is 1. The third kappa shape index (κ3) is 2.77. The molecule has 1 amide bonds. The minimum Gasteiger partial charge on any atom is -0.348 e. The Hall–Kier alpha value is -2.42. The number of hydrogen-bond acceptors (Lipinski definition) is 4. The monoisotopic (exact) mass is 273 g/mol. The van der Waals surface area contributed by atoms with E-state index in [9.17, 15) is 14.9 Å². The molecule has 1 aromatic rings. The zero-order valence-corrected chi connectivity index (χ0v) is 11.1. The average Bonchev–Trinajstić information content (AvgIpc) is 2.85. The number of benzene rings is 1. The largest absolute Gasteiger partial charge is 0.348 e. The third-order valence-electron chi connectivity index (χ3n) is 3.65. The summed E-state index contributed by atoms with van der Waals surface area (Å²) in [6, 6.07) is 6.36. The summed E-state index contributed by atoms with van der Waals surface area (Å²) in [5, 5.41) is 22.6. The summed E-state index contributed by atoms with van der Waals surface area (Å²) in [5.74, 6) is -0.423. The number of nitro benzene ring substituents is 1. The van der Waals surface area contributed by atoms with Gasteiger partial charge in [-0.2, -0.15) is 5.26 Å². The smallest absolute Gasteiger partial charge is 0.272 e. The fourth-order valence-electron chi connectivity index (χ4n) is 2.54. The highest BCUT2D eigenvalue weighted by Crippen LogP contribution is 2.25. The van der Waals surface area contributed by atoms with Crippen LogP contribution in [0.4, 0.5) is 5.69 Å². The lowest BCUT2D eigenvalue weighted by Gasteiger charge is -2.15. The van der Waals surface area contributed by atoms with Crippen molar-refractivity contribution >= 4 is 11.6 Å². The highest BCUT2D eigenvalue weighted by Gasteiger charge is 2.28. The van der Waals surface area contributed by atoms with Crippen LogP contribution in [0, 0.1) is 34.3 Å². The van der Waals surface area contributed by atoms with Gasteiger partial charge in [-0.15, -0.1) is 0 Å². The molecule has 1 aromatic carbocycles. The number of nitrogens with one attached hydrogen (secondary N) is 1. The van der Waals surface area contributed by atoms with Crippen LogP contribution in [0.25, 0.3) is 0 Å². The first kappa shape index (κ1) is 14.0. The van der Waals surface area contributed by atoms with Crippen LogP contribution in [-0.2, 0) is 0 Å². The predicted molar refractivity (Wildman–Crippen MR) is 72.0 cm³/mol. The van der Waals surface area contributed by atoms with Gasteiger partial charge in [0.1, 0.15) is 0 Å². The molecule has 2 unspecified atom stereocenters. The van der Waals surface area contributed by atoms with E-state index in [0.717, 1.165) is 19.3 Å².